The predicted octanol–water partition coefficient (Wildman–Crippen LogP) is 4.60. The molecule has 0 saturated carbocycles. The van der Waals surface area contributed by atoms with Gasteiger partial charge < -0.3 is 14.1 Å². The van der Waals surface area contributed by atoms with Gasteiger partial charge in [0.25, 0.3) is 8.32 Å². The minimum Gasteiger partial charge on any atom is -0.444 e. The standard InChI is InChI=1S/C30H44N2O5Si/c1-29(2,3)37-28(34)32-21-23(19-24(32)20-27(33)31(7)35-8)22-36-38(30(4,5)6,25-15-11-9-12-16-25)26-17-13-10-14-18-26/h9-18,23-24H,19-22H2,1-8H3/t23-,24+/m0/s1. The number of ether oxygens (including phenoxy) is 1. The summed E-state index contributed by atoms with van der Waals surface area (Å²) in [6, 6.07) is 20.8. The molecule has 2 amide bonds. The molecule has 1 heterocycles. The number of benzene rings is 2. The van der Waals surface area contributed by atoms with Crippen molar-refractivity contribution in [3.63, 3.8) is 0 Å². The third-order valence-corrected chi connectivity index (χ3v) is 12.1. The zero-order valence-electron chi connectivity index (χ0n) is 24.2. The Morgan fingerprint density at radius 1 is 0.947 bits per heavy atom. The molecule has 0 spiro atoms. The molecule has 0 aromatic heterocycles. The van der Waals surface area contributed by atoms with E-state index in [1.807, 2.05) is 32.9 Å². The van der Waals surface area contributed by atoms with Crippen LogP contribution in [0.3, 0.4) is 0 Å². The van der Waals surface area contributed by atoms with E-state index in [0.717, 1.165) is 0 Å². The van der Waals surface area contributed by atoms with Gasteiger partial charge in [-0.05, 0) is 42.6 Å². The maximum Gasteiger partial charge on any atom is 0.410 e. The largest absolute Gasteiger partial charge is 0.444 e. The smallest absolute Gasteiger partial charge is 0.410 e. The number of hydrogen-bond donors (Lipinski definition) is 0. The van der Waals surface area contributed by atoms with Crippen LogP contribution in [0.15, 0.2) is 60.7 Å². The second-order valence-corrected chi connectivity index (χ2v) is 16.4. The number of rotatable bonds is 8. The zero-order valence-corrected chi connectivity index (χ0v) is 25.2. The SMILES string of the molecule is CON(C)C(=O)C[C@H]1C[C@H](CO[Si](c2ccccc2)(c2ccccc2)C(C)(C)C)CN1C(=O)OC(C)(C)C. The Bertz CT molecular complexity index is 1030. The summed E-state index contributed by atoms with van der Waals surface area (Å²) >= 11 is 0. The average molecular weight is 541 g/mol. The van der Waals surface area contributed by atoms with E-state index in [-0.39, 0.29) is 29.3 Å². The van der Waals surface area contributed by atoms with Gasteiger partial charge in [0, 0.05) is 38.6 Å². The number of carbonyl (C=O) groups excluding carboxylic acids is 2. The second kappa shape index (κ2) is 12.0. The van der Waals surface area contributed by atoms with Crippen molar-refractivity contribution in [2.75, 3.05) is 27.3 Å². The predicted molar refractivity (Wildman–Crippen MR) is 153 cm³/mol. The molecule has 0 N–H and O–H groups in total. The van der Waals surface area contributed by atoms with Gasteiger partial charge in [0.05, 0.1) is 7.11 Å². The van der Waals surface area contributed by atoms with Crippen molar-refractivity contribution in [1.82, 2.24) is 9.96 Å². The maximum atomic E-state index is 13.2. The summed E-state index contributed by atoms with van der Waals surface area (Å²) in [6.07, 6.45) is 0.420. The molecule has 7 nitrogen and oxygen atoms in total. The van der Waals surface area contributed by atoms with E-state index in [9.17, 15) is 9.59 Å². The van der Waals surface area contributed by atoms with Crippen molar-refractivity contribution < 1.29 is 23.6 Å². The molecule has 2 aromatic rings. The third kappa shape index (κ3) is 6.84. The first kappa shape index (κ1) is 29.9. The first-order valence-electron chi connectivity index (χ1n) is 13.3. The molecule has 0 bridgehead atoms. The fraction of sp³-hybridized carbons (Fsp3) is 0.533. The summed E-state index contributed by atoms with van der Waals surface area (Å²) in [5.41, 5.74) is -0.627. The lowest BCUT2D eigenvalue weighted by atomic mass is 10.0. The van der Waals surface area contributed by atoms with Gasteiger partial charge in [0.2, 0.25) is 5.91 Å². The minimum absolute atomic E-state index is 0.0646. The van der Waals surface area contributed by atoms with E-state index in [1.54, 1.807) is 11.9 Å². The molecule has 208 valence electrons. The maximum absolute atomic E-state index is 13.2. The Labute approximate surface area is 229 Å². The van der Waals surface area contributed by atoms with Crippen LogP contribution >= 0.6 is 0 Å². The van der Waals surface area contributed by atoms with E-state index < -0.39 is 20.0 Å². The van der Waals surface area contributed by atoms with E-state index in [0.29, 0.717) is 19.6 Å². The Hall–Kier alpha value is -2.68. The average Bonchev–Trinajstić information content (AvgIpc) is 3.26. The summed E-state index contributed by atoms with van der Waals surface area (Å²) in [7, 11) is 0.327. The molecule has 8 heteroatoms. The molecule has 38 heavy (non-hydrogen) atoms. The van der Waals surface area contributed by atoms with E-state index in [1.165, 1.54) is 22.5 Å². The lowest BCUT2D eigenvalue weighted by Gasteiger charge is -2.43. The van der Waals surface area contributed by atoms with E-state index in [4.69, 9.17) is 14.0 Å². The molecular formula is C30H44N2O5Si. The van der Waals surface area contributed by atoms with Crippen LogP contribution in [0.25, 0.3) is 0 Å². The van der Waals surface area contributed by atoms with Gasteiger partial charge in [-0.15, -0.1) is 0 Å². The van der Waals surface area contributed by atoms with Gasteiger partial charge in [-0.25, -0.2) is 9.86 Å². The molecule has 1 saturated heterocycles. The first-order chi connectivity index (χ1) is 17.8. The first-order valence-corrected chi connectivity index (χ1v) is 15.2. The number of nitrogens with zero attached hydrogens (tertiary/aromatic N) is 2. The fourth-order valence-electron chi connectivity index (χ4n) is 5.31. The molecular weight excluding hydrogens is 496 g/mol. The summed E-state index contributed by atoms with van der Waals surface area (Å²) in [6.45, 7) is 13.3. The Kier molecular flexibility index (Phi) is 9.44. The number of amides is 2. The van der Waals surface area contributed by atoms with Crippen molar-refractivity contribution >= 4 is 30.7 Å². The quantitative estimate of drug-likeness (QED) is 0.362. The molecule has 2 atom stereocenters. The molecule has 3 rings (SSSR count). The highest BCUT2D eigenvalue weighted by molar-refractivity contribution is 6.99. The topological polar surface area (TPSA) is 68.3 Å². The van der Waals surface area contributed by atoms with Crippen molar-refractivity contribution in [3.8, 4) is 0 Å². The Morgan fingerprint density at radius 2 is 1.47 bits per heavy atom. The second-order valence-electron chi connectivity index (χ2n) is 12.1. The molecule has 1 aliphatic heterocycles. The van der Waals surface area contributed by atoms with Crippen LogP contribution < -0.4 is 10.4 Å². The number of carbonyl (C=O) groups is 2. The van der Waals surface area contributed by atoms with Crippen LogP contribution in [0.4, 0.5) is 4.79 Å². The number of hydroxylamine groups is 2. The molecule has 1 aliphatic rings. The van der Waals surface area contributed by atoms with Gasteiger partial charge >= 0.3 is 6.09 Å². The lowest BCUT2D eigenvalue weighted by molar-refractivity contribution is -0.169. The van der Waals surface area contributed by atoms with Gasteiger partial charge in [-0.1, -0.05) is 81.4 Å². The van der Waals surface area contributed by atoms with Gasteiger partial charge in [-0.3, -0.25) is 9.63 Å². The summed E-state index contributed by atoms with van der Waals surface area (Å²) in [5.74, 6) is -0.116. The van der Waals surface area contributed by atoms with Crippen molar-refractivity contribution in [3.05, 3.63) is 60.7 Å². The Morgan fingerprint density at radius 3 is 1.92 bits per heavy atom. The fourth-order valence-corrected chi connectivity index (χ4v) is 9.95. The van der Waals surface area contributed by atoms with Gasteiger partial charge in [0.1, 0.15) is 5.60 Å². The highest BCUT2D eigenvalue weighted by Crippen LogP contribution is 2.38. The summed E-state index contributed by atoms with van der Waals surface area (Å²) in [4.78, 5) is 32.6. The summed E-state index contributed by atoms with van der Waals surface area (Å²) in [5, 5.41) is 3.50. The normalized spacial score (nSPS) is 18.4. The third-order valence-electron chi connectivity index (χ3n) is 7.12. The van der Waals surface area contributed by atoms with Crippen LogP contribution in [0.2, 0.25) is 5.04 Å². The van der Waals surface area contributed by atoms with Crippen molar-refractivity contribution in [2.45, 2.75) is 71.1 Å². The van der Waals surface area contributed by atoms with Gasteiger partial charge in [-0.2, -0.15) is 0 Å². The highest BCUT2D eigenvalue weighted by Gasteiger charge is 2.51. The molecule has 2 aromatic carbocycles. The minimum atomic E-state index is -2.71. The lowest BCUT2D eigenvalue weighted by Crippen LogP contribution is -2.67. The van der Waals surface area contributed by atoms with Crippen LogP contribution in [-0.4, -0.2) is 69.2 Å². The molecule has 1 fully saturated rings. The van der Waals surface area contributed by atoms with Crippen molar-refractivity contribution in [2.24, 2.45) is 5.92 Å². The van der Waals surface area contributed by atoms with Crippen LogP contribution in [-0.2, 0) is 18.8 Å². The zero-order chi connectivity index (χ0) is 28.1. The number of likely N-dealkylation sites (tertiary alicyclic amines) is 1. The molecule has 0 aliphatic carbocycles. The van der Waals surface area contributed by atoms with Crippen LogP contribution in [0.1, 0.15) is 54.4 Å². The molecule has 0 radical (unpaired) electrons. The van der Waals surface area contributed by atoms with E-state index >= 15 is 0 Å². The van der Waals surface area contributed by atoms with Crippen LogP contribution in [0, 0.1) is 5.92 Å². The highest BCUT2D eigenvalue weighted by atomic mass is 28.4. The van der Waals surface area contributed by atoms with E-state index in [2.05, 4.69) is 69.3 Å². The Balaban J connectivity index is 1.91. The summed E-state index contributed by atoms with van der Waals surface area (Å²) < 4.78 is 12.8. The monoisotopic (exact) mass is 540 g/mol. The van der Waals surface area contributed by atoms with Gasteiger partial charge in [0.15, 0.2) is 0 Å². The van der Waals surface area contributed by atoms with Crippen LogP contribution in [0.5, 0.6) is 0 Å². The van der Waals surface area contributed by atoms with Crippen molar-refractivity contribution in [1.29, 1.82) is 0 Å². The number of hydrogen-bond acceptors (Lipinski definition) is 5. The molecule has 0 unspecified atom stereocenters.